The van der Waals surface area contributed by atoms with Gasteiger partial charge in [-0.2, -0.15) is 0 Å². The average molecular weight is 338 g/mol. The molecule has 1 N–H and O–H groups in total. The lowest BCUT2D eigenvalue weighted by atomic mass is 9.90. The van der Waals surface area contributed by atoms with Crippen LogP contribution in [-0.4, -0.2) is 67.3 Å². The Morgan fingerprint density at radius 3 is 2.38 bits per heavy atom. The van der Waals surface area contributed by atoms with Crippen LogP contribution in [0.25, 0.3) is 0 Å². The molecule has 0 radical (unpaired) electrons. The molecule has 2 atom stereocenters. The lowest BCUT2D eigenvalue weighted by Crippen LogP contribution is -2.50. The molecule has 0 aromatic carbocycles. The van der Waals surface area contributed by atoms with Gasteiger partial charge >= 0.3 is 6.03 Å². The Bertz CT molecular complexity index is 382. The Morgan fingerprint density at radius 2 is 1.75 bits per heavy atom. The number of nitrogens with one attached hydrogen (secondary N) is 1. The molecule has 5 heteroatoms. The molecule has 0 bridgehead atoms. The second-order valence-electron chi connectivity index (χ2n) is 7.94. The fourth-order valence-corrected chi connectivity index (χ4v) is 4.50. The number of ether oxygens (including phenoxy) is 1. The minimum atomic E-state index is 0.128. The first-order valence-electron chi connectivity index (χ1n) is 10.1. The minimum absolute atomic E-state index is 0.128. The van der Waals surface area contributed by atoms with E-state index in [0.717, 1.165) is 39.1 Å². The lowest BCUT2D eigenvalue weighted by molar-refractivity contribution is 0.0370. The molecule has 0 aromatic rings. The first-order valence-corrected chi connectivity index (χ1v) is 10.1. The summed E-state index contributed by atoms with van der Waals surface area (Å²) in [7, 11) is 0. The van der Waals surface area contributed by atoms with Crippen LogP contribution in [0.5, 0.6) is 0 Å². The van der Waals surface area contributed by atoms with E-state index in [1.54, 1.807) is 0 Å². The maximum absolute atomic E-state index is 12.5. The Morgan fingerprint density at radius 1 is 1.04 bits per heavy atom. The molecule has 0 saturated carbocycles. The van der Waals surface area contributed by atoms with Crippen molar-refractivity contribution in [3.05, 3.63) is 0 Å². The Balaban J connectivity index is 1.37. The third-order valence-corrected chi connectivity index (χ3v) is 5.92. The van der Waals surface area contributed by atoms with Crippen molar-refractivity contribution in [2.45, 2.75) is 70.4 Å². The van der Waals surface area contributed by atoms with E-state index in [1.807, 2.05) is 4.90 Å². The maximum Gasteiger partial charge on any atom is 0.317 e. The summed E-state index contributed by atoms with van der Waals surface area (Å²) in [4.78, 5) is 17.0. The van der Waals surface area contributed by atoms with Crippen LogP contribution in [0.2, 0.25) is 0 Å². The van der Waals surface area contributed by atoms with Gasteiger partial charge in [0.2, 0.25) is 0 Å². The van der Waals surface area contributed by atoms with E-state index in [0.29, 0.717) is 12.0 Å². The van der Waals surface area contributed by atoms with Crippen molar-refractivity contribution in [3.63, 3.8) is 0 Å². The maximum atomic E-state index is 12.5. The molecule has 3 saturated heterocycles. The van der Waals surface area contributed by atoms with Crippen LogP contribution >= 0.6 is 0 Å². The fraction of sp³-hybridized carbons (Fsp3) is 0.947. The number of hydrogen-bond acceptors (Lipinski definition) is 3. The molecule has 3 rings (SSSR count). The SMILES string of the molecule is C[C@@H](CN1CCCCCC1)NC(=O)N1CCC([C@@H]2CCCO2)CC1. The summed E-state index contributed by atoms with van der Waals surface area (Å²) in [6.07, 6.45) is 10.4. The van der Waals surface area contributed by atoms with Crippen LogP contribution in [0.1, 0.15) is 58.3 Å². The molecule has 3 aliphatic heterocycles. The molecule has 138 valence electrons. The molecular formula is C19H35N3O2. The highest BCUT2D eigenvalue weighted by molar-refractivity contribution is 5.74. The van der Waals surface area contributed by atoms with E-state index in [2.05, 4.69) is 17.1 Å². The quantitative estimate of drug-likeness (QED) is 0.858. The smallest absolute Gasteiger partial charge is 0.317 e. The second-order valence-corrected chi connectivity index (χ2v) is 7.94. The van der Waals surface area contributed by atoms with Crippen molar-refractivity contribution in [3.8, 4) is 0 Å². The van der Waals surface area contributed by atoms with Gasteiger partial charge in [0.15, 0.2) is 0 Å². The minimum Gasteiger partial charge on any atom is -0.378 e. The van der Waals surface area contributed by atoms with Gasteiger partial charge in [-0.15, -0.1) is 0 Å². The predicted molar refractivity (Wildman–Crippen MR) is 96.2 cm³/mol. The predicted octanol–water partition coefficient (Wildman–Crippen LogP) is 2.85. The summed E-state index contributed by atoms with van der Waals surface area (Å²) < 4.78 is 5.82. The van der Waals surface area contributed by atoms with E-state index in [1.165, 1.54) is 51.6 Å². The number of rotatable bonds is 4. The van der Waals surface area contributed by atoms with Gasteiger partial charge in [-0.25, -0.2) is 4.79 Å². The average Bonchev–Trinajstić information content (AvgIpc) is 3.01. The summed E-state index contributed by atoms with van der Waals surface area (Å²) in [5, 5.41) is 3.22. The molecule has 0 spiro atoms. The number of hydrogen-bond donors (Lipinski definition) is 1. The molecule has 0 aliphatic carbocycles. The zero-order chi connectivity index (χ0) is 16.8. The number of piperidine rings is 1. The molecule has 2 amide bonds. The highest BCUT2D eigenvalue weighted by Gasteiger charge is 2.31. The lowest BCUT2D eigenvalue weighted by Gasteiger charge is -2.35. The van der Waals surface area contributed by atoms with Crippen molar-refractivity contribution in [2.75, 3.05) is 39.3 Å². The zero-order valence-corrected chi connectivity index (χ0v) is 15.3. The van der Waals surface area contributed by atoms with E-state index in [9.17, 15) is 4.79 Å². The zero-order valence-electron chi connectivity index (χ0n) is 15.3. The van der Waals surface area contributed by atoms with E-state index >= 15 is 0 Å². The van der Waals surface area contributed by atoms with Gasteiger partial charge in [0, 0.05) is 32.3 Å². The van der Waals surface area contributed by atoms with Crippen LogP contribution in [-0.2, 0) is 4.74 Å². The number of likely N-dealkylation sites (tertiary alicyclic amines) is 2. The third-order valence-electron chi connectivity index (χ3n) is 5.92. The second kappa shape index (κ2) is 9.04. The van der Waals surface area contributed by atoms with Crippen molar-refractivity contribution < 1.29 is 9.53 Å². The van der Waals surface area contributed by atoms with Crippen molar-refractivity contribution in [1.82, 2.24) is 15.1 Å². The van der Waals surface area contributed by atoms with Crippen LogP contribution in [0.4, 0.5) is 4.79 Å². The van der Waals surface area contributed by atoms with E-state index in [-0.39, 0.29) is 12.1 Å². The Labute approximate surface area is 147 Å². The van der Waals surface area contributed by atoms with Crippen LogP contribution in [0, 0.1) is 5.92 Å². The molecule has 24 heavy (non-hydrogen) atoms. The van der Waals surface area contributed by atoms with Crippen LogP contribution in [0.3, 0.4) is 0 Å². The summed E-state index contributed by atoms with van der Waals surface area (Å²) in [5.74, 6) is 0.658. The number of urea groups is 1. The summed E-state index contributed by atoms with van der Waals surface area (Å²) >= 11 is 0. The molecule has 0 aromatic heterocycles. The van der Waals surface area contributed by atoms with Crippen LogP contribution in [0.15, 0.2) is 0 Å². The van der Waals surface area contributed by atoms with Gasteiger partial charge in [0.05, 0.1) is 6.10 Å². The van der Waals surface area contributed by atoms with Gasteiger partial charge in [-0.05, 0) is 64.5 Å². The molecule has 5 nitrogen and oxygen atoms in total. The van der Waals surface area contributed by atoms with E-state index in [4.69, 9.17) is 4.74 Å². The third kappa shape index (κ3) is 5.09. The van der Waals surface area contributed by atoms with Crippen molar-refractivity contribution >= 4 is 6.03 Å². The number of amides is 2. The highest BCUT2D eigenvalue weighted by atomic mass is 16.5. The molecule has 0 unspecified atom stereocenters. The summed E-state index contributed by atoms with van der Waals surface area (Å²) in [6.45, 7) is 8.19. The largest absolute Gasteiger partial charge is 0.378 e. The molecule has 3 heterocycles. The number of carbonyl (C=O) groups is 1. The Kier molecular flexibility index (Phi) is 6.78. The topological polar surface area (TPSA) is 44.8 Å². The van der Waals surface area contributed by atoms with Crippen LogP contribution < -0.4 is 5.32 Å². The van der Waals surface area contributed by atoms with Gasteiger partial charge in [-0.1, -0.05) is 12.8 Å². The van der Waals surface area contributed by atoms with Crippen molar-refractivity contribution in [2.24, 2.45) is 5.92 Å². The standard InChI is InChI=1S/C19H35N3O2/c1-16(15-21-10-4-2-3-5-11-21)20-19(23)22-12-8-17(9-13-22)18-7-6-14-24-18/h16-18H,2-15H2,1H3,(H,20,23)/t16-,18-/m0/s1. The monoisotopic (exact) mass is 337 g/mol. The molecular weight excluding hydrogens is 302 g/mol. The normalized spacial score (nSPS) is 28.5. The highest BCUT2D eigenvalue weighted by Crippen LogP contribution is 2.28. The fourth-order valence-electron chi connectivity index (χ4n) is 4.50. The number of nitrogens with zero attached hydrogens (tertiary/aromatic N) is 2. The van der Waals surface area contributed by atoms with Gasteiger partial charge in [0.1, 0.15) is 0 Å². The van der Waals surface area contributed by atoms with Crippen molar-refractivity contribution in [1.29, 1.82) is 0 Å². The molecule has 3 aliphatic rings. The summed E-state index contributed by atoms with van der Waals surface area (Å²) in [6, 6.07) is 0.356. The van der Waals surface area contributed by atoms with Gasteiger partial charge in [-0.3, -0.25) is 0 Å². The Hall–Kier alpha value is -0.810. The molecule has 3 fully saturated rings. The first kappa shape index (κ1) is 18.0. The number of carbonyl (C=O) groups excluding carboxylic acids is 1. The summed E-state index contributed by atoms with van der Waals surface area (Å²) in [5.41, 5.74) is 0. The van der Waals surface area contributed by atoms with Gasteiger partial charge in [0.25, 0.3) is 0 Å². The van der Waals surface area contributed by atoms with Gasteiger partial charge < -0.3 is 19.9 Å². The first-order chi connectivity index (χ1) is 11.7. The van der Waals surface area contributed by atoms with E-state index < -0.39 is 0 Å².